The van der Waals surface area contributed by atoms with Gasteiger partial charge in [-0.3, -0.25) is 4.79 Å². The van der Waals surface area contributed by atoms with Gasteiger partial charge in [-0.2, -0.15) is 0 Å². The highest BCUT2D eigenvalue weighted by atomic mass is 32.2. The van der Waals surface area contributed by atoms with Crippen LogP contribution >= 0.6 is 11.8 Å². The molecule has 140 valence electrons. The van der Waals surface area contributed by atoms with E-state index in [1.54, 1.807) is 6.07 Å². The van der Waals surface area contributed by atoms with Crippen molar-refractivity contribution in [3.05, 3.63) is 58.9 Å². The molecule has 0 radical (unpaired) electrons. The smallest absolute Gasteiger partial charge is 0.191 e. The summed E-state index contributed by atoms with van der Waals surface area (Å²) in [5.74, 6) is 0.951. The van der Waals surface area contributed by atoms with E-state index in [0.717, 1.165) is 40.9 Å². The van der Waals surface area contributed by atoms with E-state index in [4.69, 9.17) is 0 Å². The van der Waals surface area contributed by atoms with E-state index in [2.05, 4.69) is 14.8 Å². The van der Waals surface area contributed by atoms with Crippen LogP contribution in [0.1, 0.15) is 46.5 Å². The second kappa shape index (κ2) is 6.96. The summed E-state index contributed by atoms with van der Waals surface area (Å²) in [6.07, 6.45) is 2.30. The average Bonchev–Trinajstić information content (AvgIpc) is 3.33. The molecule has 27 heavy (non-hydrogen) atoms. The number of aromatic nitrogens is 4. The topological polar surface area (TPSA) is 52.7 Å². The Balaban J connectivity index is 1.55. The largest absolute Gasteiger partial charge is 0.318 e. The summed E-state index contributed by atoms with van der Waals surface area (Å²) in [6.45, 7) is 5.77. The third-order valence-corrected chi connectivity index (χ3v) is 5.82. The second-order valence-corrected chi connectivity index (χ2v) is 7.89. The molecule has 0 saturated heterocycles. The normalized spacial score (nSPS) is 13.9. The van der Waals surface area contributed by atoms with Crippen LogP contribution in [0.15, 0.2) is 35.5 Å². The molecule has 3 aromatic rings. The number of hydrogen-bond donors (Lipinski definition) is 0. The first-order chi connectivity index (χ1) is 13.0. The maximum Gasteiger partial charge on any atom is 0.191 e. The van der Waals surface area contributed by atoms with Crippen molar-refractivity contribution in [3.63, 3.8) is 0 Å². The Morgan fingerprint density at radius 3 is 2.70 bits per heavy atom. The van der Waals surface area contributed by atoms with Gasteiger partial charge in [0.05, 0.1) is 5.75 Å². The molecule has 0 spiro atoms. The van der Waals surface area contributed by atoms with Gasteiger partial charge in [0.25, 0.3) is 0 Å². The molecule has 0 bridgehead atoms. The number of carbonyl (C=O) groups is 1. The fraction of sp³-hybridized carbons (Fsp3) is 0.350. The molecule has 1 fully saturated rings. The Labute approximate surface area is 161 Å². The first kappa shape index (κ1) is 18.0. The quantitative estimate of drug-likeness (QED) is 0.466. The fourth-order valence-electron chi connectivity index (χ4n) is 3.47. The number of ketones is 1. The first-order valence-electron chi connectivity index (χ1n) is 8.98. The zero-order valence-corrected chi connectivity index (χ0v) is 16.4. The zero-order chi connectivity index (χ0) is 19.1. The highest BCUT2D eigenvalue weighted by molar-refractivity contribution is 7.99. The number of Topliss-reactive ketones (excluding diaryl/α,β-unsaturated/α-hetero) is 1. The summed E-state index contributed by atoms with van der Waals surface area (Å²) in [5.41, 5.74) is 3.12. The van der Waals surface area contributed by atoms with Crippen LogP contribution in [0.5, 0.6) is 0 Å². The summed E-state index contributed by atoms with van der Waals surface area (Å²) in [5, 5.41) is 9.18. The Morgan fingerprint density at radius 1 is 1.22 bits per heavy atom. The van der Waals surface area contributed by atoms with E-state index >= 15 is 0 Å². The van der Waals surface area contributed by atoms with E-state index in [9.17, 15) is 9.18 Å². The minimum atomic E-state index is -0.293. The monoisotopic (exact) mass is 384 g/mol. The van der Waals surface area contributed by atoms with E-state index < -0.39 is 0 Å². The maximum absolute atomic E-state index is 13.6. The van der Waals surface area contributed by atoms with Gasteiger partial charge in [0.1, 0.15) is 11.6 Å². The van der Waals surface area contributed by atoms with E-state index in [1.165, 1.54) is 23.9 Å². The SMILES string of the molecule is Cc1cc(C(=O)CSc2nnc(C)n2C2CC2)c(C)n1-c1cccc(F)c1. The molecule has 1 saturated carbocycles. The standard InChI is InChI=1S/C20H21FN4OS/c1-12-9-18(13(2)24(12)17-6-4-5-15(21)10-17)19(26)11-27-20-23-22-14(3)25(20)16-7-8-16/h4-6,9-10,16H,7-8,11H2,1-3H3. The van der Waals surface area contributed by atoms with Gasteiger partial charge < -0.3 is 9.13 Å². The van der Waals surface area contributed by atoms with E-state index in [0.29, 0.717) is 17.4 Å². The van der Waals surface area contributed by atoms with Gasteiger partial charge in [-0.05, 0) is 57.9 Å². The molecule has 2 aromatic heterocycles. The molecular formula is C20H21FN4OS. The summed E-state index contributed by atoms with van der Waals surface area (Å²) < 4.78 is 17.6. The lowest BCUT2D eigenvalue weighted by Crippen LogP contribution is -2.07. The lowest BCUT2D eigenvalue weighted by molar-refractivity contribution is 0.102. The Bertz CT molecular complexity index is 1020. The van der Waals surface area contributed by atoms with Crippen LogP contribution in [0.2, 0.25) is 0 Å². The molecule has 1 aliphatic carbocycles. The zero-order valence-electron chi connectivity index (χ0n) is 15.6. The van der Waals surface area contributed by atoms with Crippen LogP contribution in [0.3, 0.4) is 0 Å². The van der Waals surface area contributed by atoms with Crippen LogP contribution in [0.4, 0.5) is 4.39 Å². The molecule has 5 nitrogen and oxygen atoms in total. The Morgan fingerprint density at radius 2 is 2.00 bits per heavy atom. The van der Waals surface area contributed by atoms with Gasteiger partial charge in [-0.15, -0.1) is 10.2 Å². The summed E-state index contributed by atoms with van der Waals surface area (Å²) in [7, 11) is 0. The molecule has 4 rings (SSSR count). The van der Waals surface area contributed by atoms with E-state index in [1.807, 2.05) is 37.5 Å². The minimum absolute atomic E-state index is 0.0405. The lowest BCUT2D eigenvalue weighted by Gasteiger charge is -2.10. The highest BCUT2D eigenvalue weighted by Crippen LogP contribution is 2.38. The Hall–Kier alpha value is -2.41. The second-order valence-electron chi connectivity index (χ2n) is 6.94. The Kier molecular flexibility index (Phi) is 4.63. The van der Waals surface area contributed by atoms with Gasteiger partial charge in [0.2, 0.25) is 0 Å². The molecule has 0 amide bonds. The summed E-state index contributed by atoms with van der Waals surface area (Å²) >= 11 is 1.43. The highest BCUT2D eigenvalue weighted by Gasteiger charge is 2.28. The van der Waals surface area contributed by atoms with Gasteiger partial charge in [-0.25, -0.2) is 4.39 Å². The van der Waals surface area contributed by atoms with Crippen molar-refractivity contribution >= 4 is 17.5 Å². The van der Waals surface area contributed by atoms with Gasteiger partial charge in [0.15, 0.2) is 10.9 Å². The number of benzene rings is 1. The number of carbonyl (C=O) groups excluding carboxylic acids is 1. The van der Waals surface area contributed by atoms with Crippen molar-refractivity contribution in [2.24, 2.45) is 0 Å². The van der Waals surface area contributed by atoms with Crippen LogP contribution in [0, 0.1) is 26.6 Å². The molecule has 0 unspecified atom stereocenters. The molecule has 7 heteroatoms. The van der Waals surface area contributed by atoms with Gasteiger partial charge in [0, 0.05) is 28.7 Å². The fourth-order valence-corrected chi connectivity index (χ4v) is 4.40. The number of halogens is 1. The molecule has 1 aromatic carbocycles. The van der Waals surface area contributed by atoms with Crippen molar-refractivity contribution in [1.29, 1.82) is 0 Å². The van der Waals surface area contributed by atoms with Crippen molar-refractivity contribution < 1.29 is 9.18 Å². The first-order valence-corrected chi connectivity index (χ1v) is 9.96. The molecule has 1 aliphatic rings. The van der Waals surface area contributed by atoms with Crippen molar-refractivity contribution in [1.82, 2.24) is 19.3 Å². The predicted molar refractivity (Wildman–Crippen MR) is 103 cm³/mol. The molecule has 0 atom stereocenters. The third kappa shape index (κ3) is 3.43. The van der Waals surface area contributed by atoms with Crippen LogP contribution in [-0.2, 0) is 0 Å². The number of rotatable bonds is 6. The van der Waals surface area contributed by atoms with Crippen LogP contribution in [0.25, 0.3) is 5.69 Å². The van der Waals surface area contributed by atoms with Crippen molar-refractivity contribution in [2.75, 3.05) is 5.75 Å². The predicted octanol–water partition coefficient (Wildman–Crippen LogP) is 4.44. The minimum Gasteiger partial charge on any atom is -0.318 e. The molecule has 0 aliphatic heterocycles. The maximum atomic E-state index is 13.6. The number of aryl methyl sites for hydroxylation is 2. The lowest BCUT2D eigenvalue weighted by atomic mass is 10.2. The average molecular weight is 384 g/mol. The molecular weight excluding hydrogens is 363 g/mol. The van der Waals surface area contributed by atoms with Crippen molar-refractivity contribution in [3.8, 4) is 5.69 Å². The number of nitrogens with zero attached hydrogens (tertiary/aromatic N) is 4. The number of hydrogen-bond acceptors (Lipinski definition) is 4. The third-order valence-electron chi connectivity index (χ3n) is 4.88. The number of thioether (sulfide) groups is 1. The molecule has 2 heterocycles. The van der Waals surface area contributed by atoms with Gasteiger partial charge >= 0.3 is 0 Å². The molecule has 0 N–H and O–H groups in total. The summed E-state index contributed by atoms with van der Waals surface area (Å²) in [4.78, 5) is 12.8. The van der Waals surface area contributed by atoms with Crippen LogP contribution in [-0.4, -0.2) is 30.9 Å². The van der Waals surface area contributed by atoms with Crippen molar-refractivity contribution in [2.45, 2.75) is 44.8 Å². The van der Waals surface area contributed by atoms with Gasteiger partial charge in [-0.1, -0.05) is 17.8 Å². The van der Waals surface area contributed by atoms with Crippen LogP contribution < -0.4 is 0 Å². The summed E-state index contributed by atoms with van der Waals surface area (Å²) in [6, 6.07) is 8.76. The van der Waals surface area contributed by atoms with E-state index in [-0.39, 0.29) is 11.6 Å².